The van der Waals surface area contributed by atoms with Gasteiger partial charge in [-0.25, -0.2) is 0 Å². The Morgan fingerprint density at radius 1 is 1.20 bits per heavy atom. The Kier molecular flexibility index (Phi) is 4.96. The summed E-state index contributed by atoms with van der Waals surface area (Å²) in [6.45, 7) is 4.14. The largest absolute Gasteiger partial charge is 0.322 e. The van der Waals surface area contributed by atoms with Crippen LogP contribution in [0.2, 0.25) is 0 Å². The summed E-state index contributed by atoms with van der Waals surface area (Å²) in [7, 11) is 0. The molecule has 0 heterocycles. The normalized spacial score (nSPS) is 10.3. The first-order chi connectivity index (χ1) is 9.61. The molecular formula is C17H18BrNO. The van der Waals surface area contributed by atoms with Gasteiger partial charge in [0, 0.05) is 15.7 Å². The number of hydrogen-bond donors (Lipinski definition) is 1. The van der Waals surface area contributed by atoms with Crippen LogP contribution in [0.15, 0.2) is 46.9 Å². The molecule has 0 bridgehead atoms. The number of carbonyl (C=O) groups is 1. The number of rotatable bonds is 4. The summed E-state index contributed by atoms with van der Waals surface area (Å²) in [6, 6.07) is 13.6. The van der Waals surface area contributed by atoms with Gasteiger partial charge in [-0.3, -0.25) is 4.79 Å². The van der Waals surface area contributed by atoms with Crippen LogP contribution in [0.3, 0.4) is 0 Å². The van der Waals surface area contributed by atoms with Gasteiger partial charge in [0.15, 0.2) is 0 Å². The number of aryl methyl sites for hydroxylation is 2. The average molecular weight is 332 g/mol. The maximum Gasteiger partial charge on any atom is 0.255 e. The number of nitrogens with one attached hydrogen (secondary N) is 1. The fourth-order valence-electron chi connectivity index (χ4n) is 2.06. The second-order valence-corrected chi connectivity index (χ2v) is 5.68. The fraction of sp³-hybridized carbons (Fsp3) is 0.235. The van der Waals surface area contributed by atoms with Crippen molar-refractivity contribution in [3.05, 3.63) is 63.6 Å². The molecular weight excluding hydrogens is 314 g/mol. The van der Waals surface area contributed by atoms with Crippen LogP contribution in [0.25, 0.3) is 0 Å². The summed E-state index contributed by atoms with van der Waals surface area (Å²) in [5.74, 6) is -0.0748. The second-order valence-electron chi connectivity index (χ2n) is 4.83. The van der Waals surface area contributed by atoms with Crippen molar-refractivity contribution in [3.8, 4) is 0 Å². The molecule has 0 unspecified atom stereocenters. The van der Waals surface area contributed by atoms with Gasteiger partial charge in [-0.2, -0.15) is 0 Å². The van der Waals surface area contributed by atoms with E-state index in [1.807, 2.05) is 43.3 Å². The Balaban J connectivity index is 2.21. The predicted octanol–water partition coefficient (Wildman–Crippen LogP) is 4.96. The third-order valence-corrected chi connectivity index (χ3v) is 4.07. The van der Waals surface area contributed by atoms with Crippen LogP contribution in [0.1, 0.15) is 34.8 Å². The molecule has 0 saturated carbocycles. The van der Waals surface area contributed by atoms with Crippen LogP contribution in [-0.4, -0.2) is 5.91 Å². The monoisotopic (exact) mass is 331 g/mol. The third-order valence-electron chi connectivity index (χ3n) is 3.22. The van der Waals surface area contributed by atoms with Gasteiger partial charge in [-0.1, -0.05) is 53.5 Å². The summed E-state index contributed by atoms with van der Waals surface area (Å²) in [5.41, 5.74) is 3.85. The predicted molar refractivity (Wildman–Crippen MR) is 87.3 cm³/mol. The first-order valence-electron chi connectivity index (χ1n) is 6.77. The lowest BCUT2D eigenvalue weighted by Gasteiger charge is -2.11. The van der Waals surface area contributed by atoms with Gasteiger partial charge in [0.2, 0.25) is 0 Å². The maximum absolute atomic E-state index is 12.3. The highest BCUT2D eigenvalue weighted by atomic mass is 79.9. The van der Waals surface area contributed by atoms with Crippen molar-refractivity contribution < 1.29 is 4.79 Å². The van der Waals surface area contributed by atoms with E-state index in [1.54, 1.807) is 0 Å². The molecule has 0 aliphatic rings. The summed E-state index contributed by atoms with van der Waals surface area (Å²) in [4.78, 5) is 12.3. The van der Waals surface area contributed by atoms with Crippen LogP contribution in [0.4, 0.5) is 5.69 Å². The standard InChI is InChI=1S/C17H18BrNO/c1-3-6-13-7-4-5-8-16(13)19-17(20)14-10-9-12(2)15(18)11-14/h4-5,7-11H,3,6H2,1-2H3,(H,19,20). The van der Waals surface area contributed by atoms with Crippen LogP contribution < -0.4 is 5.32 Å². The van der Waals surface area contributed by atoms with Crippen molar-refractivity contribution in [2.24, 2.45) is 0 Å². The lowest BCUT2D eigenvalue weighted by atomic mass is 10.1. The van der Waals surface area contributed by atoms with Crippen LogP contribution in [-0.2, 0) is 6.42 Å². The quantitative estimate of drug-likeness (QED) is 0.842. The Morgan fingerprint density at radius 2 is 1.95 bits per heavy atom. The Hall–Kier alpha value is -1.61. The van der Waals surface area contributed by atoms with Crippen molar-refractivity contribution in [2.45, 2.75) is 26.7 Å². The first-order valence-corrected chi connectivity index (χ1v) is 7.56. The van der Waals surface area contributed by atoms with Gasteiger partial charge >= 0.3 is 0 Å². The van der Waals surface area contributed by atoms with Gasteiger partial charge in [0.05, 0.1) is 0 Å². The van der Waals surface area contributed by atoms with Crippen molar-refractivity contribution in [3.63, 3.8) is 0 Å². The Bertz CT molecular complexity index is 622. The Morgan fingerprint density at radius 3 is 2.65 bits per heavy atom. The topological polar surface area (TPSA) is 29.1 Å². The molecule has 0 aliphatic carbocycles. The minimum atomic E-state index is -0.0748. The highest BCUT2D eigenvalue weighted by Gasteiger charge is 2.09. The smallest absolute Gasteiger partial charge is 0.255 e. The SMILES string of the molecule is CCCc1ccccc1NC(=O)c1ccc(C)c(Br)c1. The number of halogens is 1. The van der Waals surface area contributed by atoms with Crippen molar-refractivity contribution in [1.82, 2.24) is 0 Å². The van der Waals surface area contributed by atoms with Gasteiger partial charge < -0.3 is 5.32 Å². The van der Waals surface area contributed by atoms with Gasteiger partial charge in [0.25, 0.3) is 5.91 Å². The number of para-hydroxylation sites is 1. The average Bonchev–Trinajstić information content (AvgIpc) is 2.44. The number of carbonyl (C=O) groups excluding carboxylic acids is 1. The molecule has 0 fully saturated rings. The molecule has 0 atom stereocenters. The van der Waals surface area contributed by atoms with E-state index in [0.717, 1.165) is 28.6 Å². The molecule has 2 nitrogen and oxygen atoms in total. The van der Waals surface area contributed by atoms with E-state index in [0.29, 0.717) is 5.56 Å². The number of benzene rings is 2. The van der Waals surface area contributed by atoms with E-state index in [9.17, 15) is 4.79 Å². The summed E-state index contributed by atoms with van der Waals surface area (Å²) in [5, 5.41) is 3.00. The maximum atomic E-state index is 12.3. The van der Waals surface area contributed by atoms with E-state index < -0.39 is 0 Å². The van der Waals surface area contributed by atoms with Gasteiger partial charge in [-0.05, 0) is 42.7 Å². The molecule has 0 aliphatic heterocycles. The van der Waals surface area contributed by atoms with Crippen molar-refractivity contribution in [1.29, 1.82) is 0 Å². The van der Waals surface area contributed by atoms with E-state index in [1.165, 1.54) is 5.56 Å². The van der Waals surface area contributed by atoms with Crippen LogP contribution in [0.5, 0.6) is 0 Å². The zero-order valence-corrected chi connectivity index (χ0v) is 13.3. The Labute approximate surface area is 128 Å². The summed E-state index contributed by atoms with van der Waals surface area (Å²) < 4.78 is 0.951. The summed E-state index contributed by atoms with van der Waals surface area (Å²) in [6.07, 6.45) is 2.02. The van der Waals surface area contributed by atoms with E-state index in [-0.39, 0.29) is 5.91 Å². The van der Waals surface area contributed by atoms with Gasteiger partial charge in [-0.15, -0.1) is 0 Å². The van der Waals surface area contributed by atoms with Gasteiger partial charge in [0.1, 0.15) is 0 Å². The van der Waals surface area contributed by atoms with Crippen LogP contribution >= 0.6 is 15.9 Å². The number of amides is 1. The molecule has 0 saturated heterocycles. The molecule has 3 heteroatoms. The molecule has 104 valence electrons. The zero-order valence-electron chi connectivity index (χ0n) is 11.7. The first kappa shape index (κ1) is 14.8. The minimum Gasteiger partial charge on any atom is -0.322 e. The molecule has 0 aromatic heterocycles. The van der Waals surface area contributed by atoms with Crippen molar-refractivity contribution >= 4 is 27.5 Å². The zero-order chi connectivity index (χ0) is 14.5. The molecule has 1 amide bonds. The van der Waals surface area contributed by atoms with E-state index >= 15 is 0 Å². The van der Waals surface area contributed by atoms with Crippen molar-refractivity contribution in [2.75, 3.05) is 5.32 Å². The molecule has 2 aromatic carbocycles. The molecule has 0 spiro atoms. The number of anilines is 1. The third kappa shape index (κ3) is 3.48. The second kappa shape index (κ2) is 6.71. The molecule has 2 rings (SSSR count). The molecule has 1 N–H and O–H groups in total. The molecule has 0 radical (unpaired) electrons. The highest BCUT2D eigenvalue weighted by Crippen LogP contribution is 2.20. The van der Waals surface area contributed by atoms with E-state index in [4.69, 9.17) is 0 Å². The highest BCUT2D eigenvalue weighted by molar-refractivity contribution is 9.10. The molecule has 20 heavy (non-hydrogen) atoms. The van der Waals surface area contributed by atoms with Crippen LogP contribution in [0, 0.1) is 6.92 Å². The fourth-order valence-corrected chi connectivity index (χ4v) is 2.44. The molecule has 2 aromatic rings. The van der Waals surface area contributed by atoms with E-state index in [2.05, 4.69) is 34.2 Å². The number of hydrogen-bond acceptors (Lipinski definition) is 1. The lowest BCUT2D eigenvalue weighted by Crippen LogP contribution is -2.13. The summed E-state index contributed by atoms with van der Waals surface area (Å²) >= 11 is 3.46. The lowest BCUT2D eigenvalue weighted by molar-refractivity contribution is 0.102. The minimum absolute atomic E-state index is 0.0748.